The molecular formula is C15H15Cl2N5OS. The number of thiazole rings is 1. The number of fused-ring (bicyclic) bond motifs is 1. The van der Waals surface area contributed by atoms with E-state index in [4.69, 9.17) is 23.2 Å². The molecule has 9 heteroatoms. The fourth-order valence-electron chi connectivity index (χ4n) is 2.30. The van der Waals surface area contributed by atoms with Crippen molar-refractivity contribution < 1.29 is 4.79 Å². The summed E-state index contributed by atoms with van der Waals surface area (Å²) in [5, 5.41) is 10.1. The van der Waals surface area contributed by atoms with Gasteiger partial charge in [-0.1, -0.05) is 23.2 Å². The van der Waals surface area contributed by atoms with E-state index in [-0.39, 0.29) is 12.0 Å². The minimum atomic E-state index is -0.218. The molecule has 0 saturated carbocycles. The summed E-state index contributed by atoms with van der Waals surface area (Å²) in [5.74, 6) is 0.269. The van der Waals surface area contributed by atoms with Gasteiger partial charge in [0.15, 0.2) is 0 Å². The normalized spacial score (nSPS) is 11.0. The van der Waals surface area contributed by atoms with Crippen LogP contribution in [0.2, 0.25) is 10.0 Å². The van der Waals surface area contributed by atoms with Crippen LogP contribution < -0.4 is 5.32 Å². The van der Waals surface area contributed by atoms with Crippen LogP contribution in [0.25, 0.3) is 16.2 Å². The third-order valence-corrected chi connectivity index (χ3v) is 4.92. The molecule has 0 spiro atoms. The topological polar surface area (TPSA) is 62.5 Å². The van der Waals surface area contributed by atoms with Crippen molar-refractivity contribution in [1.29, 1.82) is 0 Å². The van der Waals surface area contributed by atoms with Gasteiger partial charge in [-0.05, 0) is 32.0 Å². The number of aromatic nitrogens is 3. The number of nitrogens with zero attached hydrogens (tertiary/aromatic N) is 4. The molecule has 0 aliphatic carbocycles. The molecule has 0 atom stereocenters. The summed E-state index contributed by atoms with van der Waals surface area (Å²) in [4.78, 5) is 18.8. The van der Waals surface area contributed by atoms with Crippen LogP contribution in [-0.4, -0.2) is 38.6 Å². The maximum atomic E-state index is 12.1. The van der Waals surface area contributed by atoms with E-state index < -0.39 is 0 Å². The molecule has 2 amide bonds. The quantitative estimate of drug-likeness (QED) is 0.713. The molecule has 0 bridgehead atoms. The van der Waals surface area contributed by atoms with Crippen molar-refractivity contribution in [3.63, 3.8) is 0 Å². The third kappa shape index (κ3) is 3.19. The summed E-state index contributed by atoms with van der Waals surface area (Å²) in [5.41, 5.74) is 1.60. The molecule has 2 aromatic heterocycles. The van der Waals surface area contributed by atoms with Crippen molar-refractivity contribution >= 4 is 51.5 Å². The number of hydrogen-bond donors (Lipinski definition) is 1. The number of carbonyl (C=O) groups excluding carboxylic acids is 1. The van der Waals surface area contributed by atoms with E-state index in [9.17, 15) is 4.79 Å². The maximum Gasteiger partial charge on any atom is 0.324 e. The van der Waals surface area contributed by atoms with Crippen LogP contribution in [-0.2, 0) is 0 Å². The zero-order valence-electron chi connectivity index (χ0n) is 13.1. The molecule has 3 rings (SSSR count). The van der Waals surface area contributed by atoms with Gasteiger partial charge in [0, 0.05) is 29.1 Å². The smallest absolute Gasteiger partial charge is 0.324 e. The van der Waals surface area contributed by atoms with Crippen molar-refractivity contribution in [1.82, 2.24) is 19.5 Å². The van der Waals surface area contributed by atoms with E-state index in [0.29, 0.717) is 28.1 Å². The SMILES string of the molecule is CCN(CC)C(=O)Nc1nc2scc(-c3ccc(Cl)cc3Cl)n2n1. The van der Waals surface area contributed by atoms with Crippen LogP contribution in [0.4, 0.5) is 10.7 Å². The van der Waals surface area contributed by atoms with Gasteiger partial charge in [-0.25, -0.2) is 9.31 Å². The van der Waals surface area contributed by atoms with Gasteiger partial charge in [-0.3, -0.25) is 5.32 Å². The Kier molecular flexibility index (Phi) is 4.93. The number of halogens is 2. The number of benzene rings is 1. The summed E-state index contributed by atoms with van der Waals surface area (Å²) < 4.78 is 1.66. The van der Waals surface area contributed by atoms with Crippen LogP contribution in [0, 0.1) is 0 Å². The second-order valence-electron chi connectivity index (χ2n) is 4.98. The Morgan fingerprint density at radius 1 is 1.33 bits per heavy atom. The average molecular weight is 384 g/mol. The highest BCUT2D eigenvalue weighted by atomic mass is 35.5. The number of rotatable bonds is 4. The second-order valence-corrected chi connectivity index (χ2v) is 6.66. The van der Waals surface area contributed by atoms with Gasteiger partial charge in [-0.15, -0.1) is 16.4 Å². The molecule has 0 aliphatic heterocycles. The van der Waals surface area contributed by atoms with E-state index in [2.05, 4.69) is 15.4 Å². The predicted octanol–water partition coefficient (Wildman–Crippen LogP) is 4.64. The van der Waals surface area contributed by atoms with Crippen molar-refractivity contribution in [3.05, 3.63) is 33.6 Å². The Bertz CT molecular complexity index is 887. The van der Waals surface area contributed by atoms with Crippen molar-refractivity contribution in [3.8, 4) is 11.3 Å². The summed E-state index contributed by atoms with van der Waals surface area (Å²) >= 11 is 13.6. The van der Waals surface area contributed by atoms with Crippen LogP contribution >= 0.6 is 34.5 Å². The number of amides is 2. The highest BCUT2D eigenvalue weighted by Gasteiger charge is 2.17. The average Bonchev–Trinajstić information content (AvgIpc) is 3.09. The summed E-state index contributed by atoms with van der Waals surface area (Å²) in [6.07, 6.45) is 0. The maximum absolute atomic E-state index is 12.1. The number of urea groups is 1. The lowest BCUT2D eigenvalue weighted by molar-refractivity contribution is 0.217. The lowest BCUT2D eigenvalue weighted by atomic mass is 10.2. The minimum Gasteiger partial charge on any atom is -0.325 e. The third-order valence-electron chi connectivity index (χ3n) is 3.56. The van der Waals surface area contributed by atoms with Gasteiger partial charge in [0.05, 0.1) is 10.7 Å². The first-order valence-electron chi connectivity index (χ1n) is 7.39. The molecule has 24 heavy (non-hydrogen) atoms. The van der Waals surface area contributed by atoms with Gasteiger partial charge >= 0.3 is 6.03 Å². The van der Waals surface area contributed by atoms with Gasteiger partial charge in [0.1, 0.15) is 0 Å². The van der Waals surface area contributed by atoms with Crippen LogP contribution in [0.15, 0.2) is 23.6 Å². The van der Waals surface area contributed by atoms with E-state index in [1.54, 1.807) is 21.5 Å². The molecule has 126 valence electrons. The molecule has 3 aromatic rings. The fraction of sp³-hybridized carbons (Fsp3) is 0.267. The van der Waals surface area contributed by atoms with Crippen molar-refractivity contribution in [2.75, 3.05) is 18.4 Å². The zero-order valence-corrected chi connectivity index (χ0v) is 15.4. The Balaban J connectivity index is 1.93. The number of carbonyl (C=O) groups is 1. The van der Waals surface area contributed by atoms with Gasteiger partial charge in [-0.2, -0.15) is 4.98 Å². The van der Waals surface area contributed by atoms with Gasteiger partial charge in [0.2, 0.25) is 4.96 Å². The fourth-order valence-corrected chi connectivity index (χ4v) is 3.63. The standard InChI is InChI=1S/C15H15Cl2N5OS/c1-3-21(4-2)14(23)18-13-19-15-22(20-13)12(8-24-15)10-6-5-9(16)7-11(10)17/h5-8H,3-4H2,1-2H3,(H,18,20,23). The number of anilines is 1. The minimum absolute atomic E-state index is 0.218. The number of nitrogens with one attached hydrogen (secondary N) is 1. The monoisotopic (exact) mass is 383 g/mol. The highest BCUT2D eigenvalue weighted by Crippen LogP contribution is 2.33. The molecule has 0 radical (unpaired) electrons. The Morgan fingerprint density at radius 2 is 2.08 bits per heavy atom. The lowest BCUT2D eigenvalue weighted by Gasteiger charge is -2.17. The van der Waals surface area contributed by atoms with E-state index in [1.165, 1.54) is 11.3 Å². The summed E-state index contributed by atoms with van der Waals surface area (Å²) in [6.45, 7) is 5.08. The molecular weight excluding hydrogens is 369 g/mol. The number of hydrogen-bond acceptors (Lipinski definition) is 4. The first kappa shape index (κ1) is 17.0. The summed E-state index contributed by atoms with van der Waals surface area (Å²) in [6, 6.07) is 5.07. The van der Waals surface area contributed by atoms with E-state index in [1.807, 2.05) is 25.3 Å². The van der Waals surface area contributed by atoms with Crippen molar-refractivity contribution in [2.45, 2.75) is 13.8 Å². The zero-order chi connectivity index (χ0) is 17.3. The van der Waals surface area contributed by atoms with Gasteiger partial charge in [0.25, 0.3) is 5.95 Å². The molecule has 0 fully saturated rings. The Labute approximate surface area is 153 Å². The molecule has 1 aromatic carbocycles. The van der Waals surface area contributed by atoms with E-state index >= 15 is 0 Å². The first-order valence-corrected chi connectivity index (χ1v) is 9.02. The largest absolute Gasteiger partial charge is 0.325 e. The molecule has 6 nitrogen and oxygen atoms in total. The van der Waals surface area contributed by atoms with Crippen molar-refractivity contribution in [2.24, 2.45) is 0 Å². The van der Waals surface area contributed by atoms with Crippen LogP contribution in [0.3, 0.4) is 0 Å². The van der Waals surface area contributed by atoms with Crippen LogP contribution in [0.5, 0.6) is 0 Å². The highest BCUT2D eigenvalue weighted by molar-refractivity contribution is 7.15. The lowest BCUT2D eigenvalue weighted by Crippen LogP contribution is -2.34. The molecule has 2 heterocycles. The molecule has 0 saturated heterocycles. The van der Waals surface area contributed by atoms with E-state index in [0.717, 1.165) is 11.3 Å². The first-order chi connectivity index (χ1) is 11.5. The second kappa shape index (κ2) is 6.96. The summed E-state index contributed by atoms with van der Waals surface area (Å²) in [7, 11) is 0. The Hall–Kier alpha value is -1.83. The predicted molar refractivity (Wildman–Crippen MR) is 98.3 cm³/mol. The molecule has 0 aliphatic rings. The molecule has 1 N–H and O–H groups in total. The van der Waals surface area contributed by atoms with Gasteiger partial charge < -0.3 is 4.90 Å². The molecule has 0 unspecified atom stereocenters. The van der Waals surface area contributed by atoms with Crippen LogP contribution in [0.1, 0.15) is 13.8 Å². The Morgan fingerprint density at radius 3 is 2.75 bits per heavy atom.